The van der Waals surface area contributed by atoms with Gasteiger partial charge in [-0.15, -0.1) is 11.8 Å². The molecular weight excluding hydrogens is 436 g/mol. The van der Waals surface area contributed by atoms with Crippen molar-refractivity contribution in [2.75, 3.05) is 5.75 Å². The Morgan fingerprint density at radius 2 is 1.64 bits per heavy atom. The highest BCUT2D eigenvalue weighted by Crippen LogP contribution is 2.55. The number of rotatable bonds is 7. The summed E-state index contributed by atoms with van der Waals surface area (Å²) < 4.78 is 5.47. The molecule has 4 aliphatic rings. The van der Waals surface area contributed by atoms with Crippen LogP contribution in [-0.4, -0.2) is 29.1 Å². The molecular formula is C26H28N2O4S. The first-order valence-corrected chi connectivity index (χ1v) is 12.5. The average molecular weight is 465 g/mol. The average Bonchev–Trinajstić information content (AvgIpc) is 2.77. The number of primary amides is 1. The number of hydrogen-bond acceptors (Lipinski definition) is 5. The van der Waals surface area contributed by atoms with Gasteiger partial charge >= 0.3 is 5.97 Å². The quantitative estimate of drug-likeness (QED) is 0.364. The number of carbonyl (C=O) groups is 3. The lowest BCUT2D eigenvalue weighted by Gasteiger charge is -2.56. The Kier molecular flexibility index (Phi) is 5.91. The smallest absolute Gasteiger partial charge is 0.344 e. The van der Waals surface area contributed by atoms with Crippen LogP contribution in [0.1, 0.15) is 59.2 Å². The summed E-state index contributed by atoms with van der Waals surface area (Å²) >= 11 is 1.34. The molecule has 0 heterocycles. The standard InChI is InChI=1S/C26H28N2O4S/c27-24(30)19-4-3-5-20(11-19)32-25(31)21-6-1-2-7-22(21)33-15-23(29)28-26-12-16-8-17(13-26)10-18(9-16)14-26/h1-7,11,16-18H,8-10,12-15H2,(H2,27,30)(H,28,29). The van der Waals surface area contributed by atoms with Gasteiger partial charge in [-0.2, -0.15) is 0 Å². The van der Waals surface area contributed by atoms with Crippen LogP contribution in [0.25, 0.3) is 0 Å². The number of hydrogen-bond donors (Lipinski definition) is 2. The minimum Gasteiger partial charge on any atom is -0.423 e. The molecule has 6 nitrogen and oxygen atoms in total. The van der Waals surface area contributed by atoms with E-state index in [1.54, 1.807) is 30.3 Å². The summed E-state index contributed by atoms with van der Waals surface area (Å²) in [4.78, 5) is 37.8. The Labute approximate surface area is 197 Å². The fourth-order valence-corrected chi connectivity index (χ4v) is 7.22. The SMILES string of the molecule is NC(=O)c1cccc(OC(=O)c2ccccc2SCC(=O)NC23CC4CC(CC(C4)C2)C3)c1. The molecule has 0 unspecified atom stereocenters. The van der Waals surface area contributed by atoms with E-state index in [0.29, 0.717) is 10.5 Å². The Morgan fingerprint density at radius 1 is 0.970 bits per heavy atom. The van der Waals surface area contributed by atoms with E-state index in [9.17, 15) is 14.4 Å². The van der Waals surface area contributed by atoms with Crippen molar-refractivity contribution < 1.29 is 19.1 Å². The van der Waals surface area contributed by atoms with E-state index in [0.717, 1.165) is 37.0 Å². The van der Waals surface area contributed by atoms with Gasteiger partial charge in [-0.25, -0.2) is 4.79 Å². The molecule has 33 heavy (non-hydrogen) atoms. The summed E-state index contributed by atoms with van der Waals surface area (Å²) in [7, 11) is 0. The molecule has 0 atom stereocenters. The van der Waals surface area contributed by atoms with Gasteiger partial charge in [-0.1, -0.05) is 18.2 Å². The minimum absolute atomic E-state index is 0.0176. The second-order valence-corrected chi connectivity index (χ2v) is 10.8. The second kappa shape index (κ2) is 8.86. The van der Waals surface area contributed by atoms with Gasteiger partial charge in [0.15, 0.2) is 0 Å². The highest BCUT2D eigenvalue weighted by molar-refractivity contribution is 8.00. The number of nitrogens with two attached hydrogens (primary N) is 1. The maximum absolute atomic E-state index is 12.9. The molecule has 7 heteroatoms. The van der Waals surface area contributed by atoms with Gasteiger partial charge in [-0.3, -0.25) is 9.59 Å². The largest absolute Gasteiger partial charge is 0.423 e. The third kappa shape index (κ3) is 4.78. The topological polar surface area (TPSA) is 98.5 Å². The van der Waals surface area contributed by atoms with Gasteiger partial charge in [-0.05, 0) is 86.6 Å². The molecule has 2 aromatic carbocycles. The minimum atomic E-state index is -0.589. The van der Waals surface area contributed by atoms with Crippen molar-refractivity contribution in [3.8, 4) is 5.75 Å². The van der Waals surface area contributed by atoms with E-state index in [2.05, 4.69) is 5.32 Å². The number of thioether (sulfide) groups is 1. The van der Waals surface area contributed by atoms with E-state index in [1.807, 2.05) is 12.1 Å². The van der Waals surface area contributed by atoms with Crippen LogP contribution in [0.2, 0.25) is 0 Å². The van der Waals surface area contributed by atoms with E-state index < -0.39 is 11.9 Å². The lowest BCUT2D eigenvalue weighted by molar-refractivity contribution is -0.124. The molecule has 3 N–H and O–H groups in total. The Hall–Kier alpha value is -2.80. The van der Waals surface area contributed by atoms with Crippen LogP contribution in [0.4, 0.5) is 0 Å². The van der Waals surface area contributed by atoms with Crippen molar-refractivity contribution in [2.24, 2.45) is 23.5 Å². The van der Waals surface area contributed by atoms with Crippen LogP contribution in [0, 0.1) is 17.8 Å². The molecule has 4 saturated carbocycles. The summed E-state index contributed by atoms with van der Waals surface area (Å²) in [5.74, 6) is 1.71. The van der Waals surface area contributed by atoms with E-state index in [4.69, 9.17) is 10.5 Å². The van der Waals surface area contributed by atoms with E-state index >= 15 is 0 Å². The van der Waals surface area contributed by atoms with Gasteiger partial charge in [0, 0.05) is 16.0 Å². The molecule has 172 valence electrons. The van der Waals surface area contributed by atoms with Crippen LogP contribution in [0.3, 0.4) is 0 Å². The first kappa shape index (κ1) is 22.0. The first-order valence-electron chi connectivity index (χ1n) is 11.5. The zero-order valence-corrected chi connectivity index (χ0v) is 19.2. The maximum atomic E-state index is 12.9. The van der Waals surface area contributed by atoms with Gasteiger partial charge in [0.2, 0.25) is 11.8 Å². The van der Waals surface area contributed by atoms with Crippen LogP contribution < -0.4 is 15.8 Å². The number of ether oxygens (including phenoxy) is 1. The Balaban J connectivity index is 1.22. The number of nitrogens with one attached hydrogen (secondary N) is 1. The second-order valence-electron chi connectivity index (χ2n) is 9.81. The third-order valence-corrected chi connectivity index (χ3v) is 8.31. The summed E-state index contributed by atoms with van der Waals surface area (Å²) in [6.45, 7) is 0. The van der Waals surface area contributed by atoms with Gasteiger partial charge in [0.25, 0.3) is 0 Å². The lowest BCUT2D eigenvalue weighted by atomic mass is 9.53. The van der Waals surface area contributed by atoms with Crippen molar-refractivity contribution in [3.05, 3.63) is 59.7 Å². The molecule has 0 aromatic heterocycles. The first-order chi connectivity index (χ1) is 15.9. The predicted octanol–water partition coefficient (Wildman–Crippen LogP) is 4.18. The molecule has 0 spiro atoms. The summed E-state index contributed by atoms with van der Waals surface area (Å²) in [6.07, 6.45) is 7.35. The van der Waals surface area contributed by atoms with Crippen molar-refractivity contribution in [2.45, 2.75) is 49.0 Å². The normalized spacial score (nSPS) is 27.2. The molecule has 2 amide bonds. The van der Waals surface area contributed by atoms with Gasteiger partial charge in [0.1, 0.15) is 5.75 Å². The fraction of sp³-hybridized carbons (Fsp3) is 0.423. The van der Waals surface area contributed by atoms with Crippen LogP contribution >= 0.6 is 11.8 Å². The highest BCUT2D eigenvalue weighted by atomic mass is 32.2. The zero-order chi connectivity index (χ0) is 23.0. The predicted molar refractivity (Wildman–Crippen MR) is 126 cm³/mol. The molecule has 0 saturated heterocycles. The zero-order valence-electron chi connectivity index (χ0n) is 18.4. The van der Waals surface area contributed by atoms with E-state index in [1.165, 1.54) is 37.1 Å². The summed E-state index contributed by atoms with van der Waals surface area (Å²) in [6, 6.07) is 13.3. The molecule has 6 rings (SSSR count). The van der Waals surface area contributed by atoms with Crippen LogP contribution in [-0.2, 0) is 4.79 Å². The number of esters is 1. The Morgan fingerprint density at radius 3 is 2.30 bits per heavy atom. The molecule has 2 aromatic rings. The molecule has 0 aliphatic heterocycles. The van der Waals surface area contributed by atoms with E-state index in [-0.39, 0.29) is 28.5 Å². The maximum Gasteiger partial charge on any atom is 0.344 e. The van der Waals surface area contributed by atoms with Gasteiger partial charge < -0.3 is 15.8 Å². The Bertz CT molecular complexity index is 1060. The fourth-order valence-electron chi connectivity index (χ4n) is 6.37. The van der Waals surface area contributed by atoms with Crippen molar-refractivity contribution in [1.29, 1.82) is 0 Å². The van der Waals surface area contributed by atoms with Crippen molar-refractivity contribution in [1.82, 2.24) is 5.32 Å². The van der Waals surface area contributed by atoms with Gasteiger partial charge in [0.05, 0.1) is 11.3 Å². The van der Waals surface area contributed by atoms with Crippen LogP contribution in [0.15, 0.2) is 53.4 Å². The lowest BCUT2D eigenvalue weighted by Crippen LogP contribution is -2.60. The van der Waals surface area contributed by atoms with Crippen molar-refractivity contribution in [3.63, 3.8) is 0 Å². The monoisotopic (exact) mass is 464 g/mol. The highest BCUT2D eigenvalue weighted by Gasteiger charge is 2.51. The molecule has 0 radical (unpaired) electrons. The number of amides is 2. The third-order valence-electron chi connectivity index (χ3n) is 7.24. The van der Waals surface area contributed by atoms with Crippen molar-refractivity contribution >= 4 is 29.5 Å². The molecule has 4 fully saturated rings. The molecule has 4 aliphatic carbocycles. The number of carbonyl (C=O) groups excluding carboxylic acids is 3. The molecule has 4 bridgehead atoms. The van der Waals surface area contributed by atoms with Crippen LogP contribution in [0.5, 0.6) is 5.75 Å². The summed E-state index contributed by atoms with van der Waals surface area (Å²) in [5.41, 5.74) is 5.94. The number of benzene rings is 2. The summed E-state index contributed by atoms with van der Waals surface area (Å²) in [5, 5.41) is 3.38.